The molecule has 2 amide bonds. The van der Waals surface area contributed by atoms with Gasteiger partial charge in [0.05, 0.1) is 13.7 Å². The summed E-state index contributed by atoms with van der Waals surface area (Å²) < 4.78 is 5.38. The number of nitrogens with one attached hydrogen (secondary N) is 1. The van der Waals surface area contributed by atoms with Gasteiger partial charge in [-0.2, -0.15) is 0 Å². The Hall–Kier alpha value is -3.36. The predicted octanol–water partition coefficient (Wildman–Crippen LogP) is 2.71. The van der Waals surface area contributed by atoms with E-state index in [-0.39, 0.29) is 11.8 Å². The zero-order chi connectivity index (χ0) is 25.6. The number of aromatic nitrogens is 1. The first-order valence-electron chi connectivity index (χ1n) is 13.3. The minimum atomic E-state index is 0.0760. The van der Waals surface area contributed by atoms with Crippen molar-refractivity contribution in [3.63, 3.8) is 0 Å². The van der Waals surface area contributed by atoms with E-state index >= 15 is 0 Å². The second-order valence-electron chi connectivity index (χ2n) is 9.99. The number of piperazine rings is 2. The quantitative estimate of drug-likeness (QED) is 0.512. The molecule has 0 saturated carbocycles. The van der Waals surface area contributed by atoms with Gasteiger partial charge in [0.1, 0.15) is 5.75 Å². The molecule has 0 aliphatic carbocycles. The number of H-pyrrole nitrogens is 1. The van der Waals surface area contributed by atoms with E-state index in [1.54, 1.807) is 7.11 Å². The lowest BCUT2D eigenvalue weighted by molar-refractivity contribution is -0.134. The molecule has 0 bridgehead atoms. The van der Waals surface area contributed by atoms with Crippen molar-refractivity contribution < 1.29 is 14.3 Å². The highest BCUT2D eigenvalue weighted by Crippen LogP contribution is 2.24. The molecule has 0 radical (unpaired) electrons. The number of amides is 2. The van der Waals surface area contributed by atoms with Gasteiger partial charge in [0.15, 0.2) is 0 Å². The number of ether oxygens (including phenoxy) is 1. The van der Waals surface area contributed by atoms with Gasteiger partial charge in [-0.15, -0.1) is 0 Å². The standard InChI is InChI=1S/C29H37N5O3/c1-37-25-9-10-27-26(20-25)24(21-30-27)8-5-11-31-12-16-33(17-13-31)28(35)22-32-14-18-34(19-15-32)29(36)23-6-3-2-4-7-23/h2-4,6-7,9-10,20-21,30H,5,8,11-19,22H2,1H3. The summed E-state index contributed by atoms with van der Waals surface area (Å²) in [6.07, 6.45) is 4.22. The number of nitrogens with zero attached hydrogens (tertiary/aromatic N) is 4. The second-order valence-corrected chi connectivity index (χ2v) is 9.99. The second kappa shape index (κ2) is 11.8. The van der Waals surface area contributed by atoms with Crippen LogP contribution in [0.15, 0.2) is 54.7 Å². The average molecular weight is 504 g/mol. The van der Waals surface area contributed by atoms with E-state index in [2.05, 4.69) is 33.1 Å². The number of carbonyl (C=O) groups excluding carboxylic acids is 2. The topological polar surface area (TPSA) is 72.1 Å². The third-order valence-electron chi connectivity index (χ3n) is 7.66. The van der Waals surface area contributed by atoms with E-state index in [1.807, 2.05) is 46.2 Å². The lowest BCUT2D eigenvalue weighted by Gasteiger charge is -2.38. The van der Waals surface area contributed by atoms with Crippen LogP contribution in [-0.4, -0.2) is 109 Å². The molecular formula is C29H37N5O3. The largest absolute Gasteiger partial charge is 0.497 e. The van der Waals surface area contributed by atoms with Gasteiger partial charge in [-0.1, -0.05) is 18.2 Å². The van der Waals surface area contributed by atoms with E-state index in [9.17, 15) is 9.59 Å². The number of aromatic amines is 1. The van der Waals surface area contributed by atoms with Gasteiger partial charge < -0.3 is 19.5 Å². The van der Waals surface area contributed by atoms with E-state index in [0.29, 0.717) is 19.6 Å². The summed E-state index contributed by atoms with van der Waals surface area (Å²) in [5, 5.41) is 1.24. The monoisotopic (exact) mass is 503 g/mol. The summed E-state index contributed by atoms with van der Waals surface area (Å²) in [6, 6.07) is 15.6. The molecule has 2 fully saturated rings. The summed E-state index contributed by atoms with van der Waals surface area (Å²) >= 11 is 0. The lowest BCUT2D eigenvalue weighted by Crippen LogP contribution is -2.54. The molecule has 0 unspecified atom stereocenters. The van der Waals surface area contributed by atoms with Gasteiger partial charge in [-0.3, -0.25) is 19.4 Å². The van der Waals surface area contributed by atoms with Crippen LogP contribution < -0.4 is 4.74 Å². The predicted molar refractivity (Wildman–Crippen MR) is 145 cm³/mol. The smallest absolute Gasteiger partial charge is 0.253 e. The van der Waals surface area contributed by atoms with Crippen LogP contribution in [-0.2, 0) is 11.2 Å². The number of fused-ring (bicyclic) bond motifs is 1. The SMILES string of the molecule is COc1ccc2[nH]cc(CCCN3CCN(C(=O)CN4CCN(C(=O)c5ccccc5)CC4)CC3)c2c1. The van der Waals surface area contributed by atoms with Crippen LogP contribution in [0.4, 0.5) is 0 Å². The number of carbonyl (C=O) groups is 2. The maximum Gasteiger partial charge on any atom is 0.253 e. The fourth-order valence-electron chi connectivity index (χ4n) is 5.37. The van der Waals surface area contributed by atoms with Crippen molar-refractivity contribution in [2.45, 2.75) is 12.8 Å². The van der Waals surface area contributed by atoms with Crippen LogP contribution >= 0.6 is 0 Å². The molecule has 3 aromatic rings. The van der Waals surface area contributed by atoms with Gasteiger partial charge >= 0.3 is 0 Å². The zero-order valence-electron chi connectivity index (χ0n) is 21.7. The van der Waals surface area contributed by atoms with Crippen molar-refractivity contribution >= 4 is 22.7 Å². The summed E-state index contributed by atoms with van der Waals surface area (Å²) in [5.41, 5.74) is 3.20. The lowest BCUT2D eigenvalue weighted by atomic mass is 10.1. The summed E-state index contributed by atoms with van der Waals surface area (Å²) in [6.45, 7) is 7.71. The number of hydrogen-bond donors (Lipinski definition) is 1. The molecule has 1 N–H and O–H groups in total. The Morgan fingerprint density at radius 1 is 0.865 bits per heavy atom. The van der Waals surface area contributed by atoms with Crippen molar-refractivity contribution in [3.05, 3.63) is 65.9 Å². The number of aryl methyl sites for hydroxylation is 1. The highest BCUT2D eigenvalue weighted by molar-refractivity contribution is 5.94. The fraction of sp³-hybridized carbons (Fsp3) is 0.448. The maximum atomic E-state index is 12.9. The van der Waals surface area contributed by atoms with Gasteiger partial charge in [-0.25, -0.2) is 0 Å². The van der Waals surface area contributed by atoms with Gasteiger partial charge in [0.2, 0.25) is 5.91 Å². The summed E-state index contributed by atoms with van der Waals surface area (Å²) in [7, 11) is 1.70. The summed E-state index contributed by atoms with van der Waals surface area (Å²) in [5.74, 6) is 1.17. The highest BCUT2D eigenvalue weighted by atomic mass is 16.5. The molecule has 2 saturated heterocycles. The molecule has 1 aromatic heterocycles. The molecule has 37 heavy (non-hydrogen) atoms. The molecule has 2 aliphatic heterocycles. The highest BCUT2D eigenvalue weighted by Gasteiger charge is 2.26. The van der Waals surface area contributed by atoms with E-state index in [1.165, 1.54) is 10.9 Å². The van der Waals surface area contributed by atoms with Crippen LogP contribution in [0.2, 0.25) is 0 Å². The first-order chi connectivity index (χ1) is 18.1. The Kier molecular flexibility index (Phi) is 8.06. The summed E-state index contributed by atoms with van der Waals surface area (Å²) in [4.78, 5) is 37.5. The number of hydrogen-bond acceptors (Lipinski definition) is 5. The average Bonchev–Trinajstić information content (AvgIpc) is 3.36. The number of rotatable bonds is 8. The van der Waals surface area contributed by atoms with E-state index in [4.69, 9.17) is 4.74 Å². The van der Waals surface area contributed by atoms with Crippen molar-refractivity contribution in [1.82, 2.24) is 24.6 Å². The third-order valence-corrected chi connectivity index (χ3v) is 7.66. The van der Waals surface area contributed by atoms with Crippen LogP contribution in [0.3, 0.4) is 0 Å². The number of methoxy groups -OCH3 is 1. The van der Waals surface area contributed by atoms with E-state index in [0.717, 1.165) is 75.5 Å². The molecule has 5 rings (SSSR count). The fourth-order valence-corrected chi connectivity index (χ4v) is 5.37. The first kappa shape index (κ1) is 25.3. The molecule has 0 atom stereocenters. The molecular weight excluding hydrogens is 466 g/mol. The zero-order valence-corrected chi connectivity index (χ0v) is 21.7. The molecule has 8 heteroatoms. The van der Waals surface area contributed by atoms with Gasteiger partial charge in [-0.05, 0) is 55.3 Å². The van der Waals surface area contributed by atoms with Crippen LogP contribution in [0, 0.1) is 0 Å². The maximum absolute atomic E-state index is 12.9. The molecule has 0 spiro atoms. The van der Waals surface area contributed by atoms with Crippen molar-refractivity contribution in [1.29, 1.82) is 0 Å². The molecule has 3 heterocycles. The molecule has 196 valence electrons. The van der Waals surface area contributed by atoms with Crippen molar-refractivity contribution in [2.24, 2.45) is 0 Å². The van der Waals surface area contributed by atoms with E-state index < -0.39 is 0 Å². The van der Waals surface area contributed by atoms with Crippen LogP contribution in [0.1, 0.15) is 22.3 Å². The van der Waals surface area contributed by atoms with Crippen molar-refractivity contribution in [2.75, 3.05) is 72.6 Å². The molecule has 8 nitrogen and oxygen atoms in total. The number of benzene rings is 2. The Labute approximate surface area is 218 Å². The Balaban J connectivity index is 1.01. The molecule has 2 aromatic carbocycles. The normalized spacial score (nSPS) is 17.3. The van der Waals surface area contributed by atoms with Crippen molar-refractivity contribution in [3.8, 4) is 5.75 Å². The van der Waals surface area contributed by atoms with Gasteiger partial charge in [0, 0.05) is 75.0 Å². The van der Waals surface area contributed by atoms with Crippen LogP contribution in [0.5, 0.6) is 5.75 Å². The Morgan fingerprint density at radius 3 is 2.30 bits per heavy atom. The van der Waals surface area contributed by atoms with Gasteiger partial charge in [0.25, 0.3) is 5.91 Å². The van der Waals surface area contributed by atoms with Crippen LogP contribution in [0.25, 0.3) is 10.9 Å². The minimum absolute atomic E-state index is 0.0760. The minimum Gasteiger partial charge on any atom is -0.497 e. The first-order valence-corrected chi connectivity index (χ1v) is 13.3. The Morgan fingerprint density at radius 2 is 1.57 bits per heavy atom. The third kappa shape index (κ3) is 6.14. The molecule has 2 aliphatic rings. The Bertz CT molecular complexity index is 1190.